The molecule has 4 heteroatoms. The van der Waals surface area contributed by atoms with Crippen molar-refractivity contribution < 1.29 is 4.79 Å². The lowest BCUT2D eigenvalue weighted by Crippen LogP contribution is -2.28. The lowest BCUT2D eigenvalue weighted by Gasteiger charge is -2.16. The summed E-state index contributed by atoms with van der Waals surface area (Å²) in [5.74, 6) is 1.94. The van der Waals surface area contributed by atoms with Gasteiger partial charge in [0.25, 0.3) is 0 Å². The van der Waals surface area contributed by atoms with E-state index in [2.05, 4.69) is 40.7 Å². The highest BCUT2D eigenvalue weighted by Gasteiger charge is 2.26. The Morgan fingerprint density at radius 1 is 1.30 bits per heavy atom. The van der Waals surface area contributed by atoms with Gasteiger partial charge in [-0.15, -0.1) is 0 Å². The average Bonchev–Trinajstić information content (AvgIpc) is 3.17. The van der Waals surface area contributed by atoms with Gasteiger partial charge >= 0.3 is 0 Å². The first-order valence-electron chi connectivity index (χ1n) is 8.50. The van der Waals surface area contributed by atoms with Crippen LogP contribution in [0.15, 0.2) is 36.5 Å². The van der Waals surface area contributed by atoms with Crippen LogP contribution in [-0.2, 0) is 17.8 Å². The molecular formula is C19H25N3O. The van der Waals surface area contributed by atoms with E-state index in [1.54, 1.807) is 0 Å². The summed E-state index contributed by atoms with van der Waals surface area (Å²) in [6.07, 6.45) is 4.60. The van der Waals surface area contributed by atoms with E-state index in [0.717, 1.165) is 38.3 Å². The third-order valence-corrected chi connectivity index (χ3v) is 4.73. The van der Waals surface area contributed by atoms with Crippen LogP contribution < -0.4 is 0 Å². The number of imidazole rings is 1. The number of rotatable bonds is 5. The van der Waals surface area contributed by atoms with Gasteiger partial charge < -0.3 is 9.47 Å². The predicted octanol–water partition coefficient (Wildman–Crippen LogP) is 3.04. The number of carbonyl (C=O) groups is 1. The summed E-state index contributed by atoms with van der Waals surface area (Å²) in [4.78, 5) is 18.5. The van der Waals surface area contributed by atoms with Crippen LogP contribution in [0.3, 0.4) is 0 Å². The second kappa shape index (κ2) is 6.99. The Morgan fingerprint density at radius 2 is 2.09 bits per heavy atom. The minimum Gasteiger partial charge on any atom is -0.342 e. The normalized spacial score (nSPS) is 17.7. The second-order valence-electron chi connectivity index (χ2n) is 6.44. The van der Waals surface area contributed by atoms with Crippen LogP contribution in [0.2, 0.25) is 0 Å². The second-order valence-corrected chi connectivity index (χ2v) is 6.44. The highest BCUT2D eigenvalue weighted by Crippen LogP contribution is 2.22. The summed E-state index contributed by atoms with van der Waals surface area (Å²) < 4.78 is 2.31. The molecule has 122 valence electrons. The fourth-order valence-electron chi connectivity index (χ4n) is 3.36. The highest BCUT2D eigenvalue weighted by molar-refractivity contribution is 5.76. The van der Waals surface area contributed by atoms with Crippen LogP contribution in [0.25, 0.3) is 0 Å². The molecular weight excluding hydrogens is 286 g/mol. The van der Waals surface area contributed by atoms with Crippen LogP contribution >= 0.6 is 0 Å². The molecule has 0 N–H and O–H groups in total. The maximum atomic E-state index is 11.8. The van der Waals surface area contributed by atoms with Gasteiger partial charge in [-0.25, -0.2) is 4.98 Å². The highest BCUT2D eigenvalue weighted by atomic mass is 16.2. The number of hydrogen-bond acceptors (Lipinski definition) is 2. The van der Waals surface area contributed by atoms with Gasteiger partial charge in [-0.05, 0) is 24.8 Å². The van der Waals surface area contributed by atoms with Gasteiger partial charge in [0, 0.05) is 44.4 Å². The number of likely N-dealkylation sites (tertiary alicyclic amines) is 1. The molecule has 1 aromatic heterocycles. The molecule has 2 heterocycles. The maximum Gasteiger partial charge on any atom is 0.222 e. The van der Waals surface area contributed by atoms with Crippen LogP contribution in [0.4, 0.5) is 0 Å². The van der Waals surface area contributed by atoms with Crippen molar-refractivity contribution >= 4 is 5.91 Å². The zero-order chi connectivity index (χ0) is 16.2. The smallest absolute Gasteiger partial charge is 0.222 e. The third-order valence-electron chi connectivity index (χ3n) is 4.73. The van der Waals surface area contributed by atoms with Crippen molar-refractivity contribution in [2.75, 3.05) is 13.1 Å². The van der Waals surface area contributed by atoms with Crippen molar-refractivity contribution in [2.24, 2.45) is 5.92 Å². The minimum absolute atomic E-state index is 0.274. The van der Waals surface area contributed by atoms with E-state index in [1.807, 2.05) is 24.1 Å². The van der Waals surface area contributed by atoms with Crippen molar-refractivity contribution in [3.8, 4) is 0 Å². The Labute approximate surface area is 138 Å². The number of nitrogens with zero attached hydrogens (tertiary/aromatic N) is 3. The van der Waals surface area contributed by atoms with E-state index in [4.69, 9.17) is 0 Å². The molecule has 1 unspecified atom stereocenters. The summed E-state index contributed by atoms with van der Waals surface area (Å²) >= 11 is 0. The number of carbonyl (C=O) groups excluding carboxylic acids is 1. The van der Waals surface area contributed by atoms with Gasteiger partial charge in [0.15, 0.2) is 0 Å². The first-order valence-corrected chi connectivity index (χ1v) is 8.50. The van der Waals surface area contributed by atoms with E-state index < -0.39 is 0 Å². The molecule has 0 bridgehead atoms. The van der Waals surface area contributed by atoms with E-state index in [9.17, 15) is 4.79 Å². The summed E-state index contributed by atoms with van der Waals surface area (Å²) in [5.41, 5.74) is 2.49. The third kappa shape index (κ3) is 3.63. The lowest BCUT2D eigenvalue weighted by molar-refractivity contribution is -0.129. The number of hydrogen-bond donors (Lipinski definition) is 0. The maximum absolute atomic E-state index is 11.8. The standard InChI is InChI=1S/C19H25N3O/c1-3-19(23)21-10-9-17(13-21)11-18-20-12-15(2)22(18)14-16-7-5-4-6-8-16/h4-8,12,17H,3,9-11,13-14H2,1-2H3. The molecule has 3 rings (SSSR count). The van der Waals surface area contributed by atoms with E-state index in [-0.39, 0.29) is 5.91 Å². The van der Waals surface area contributed by atoms with Gasteiger partial charge in [0.05, 0.1) is 0 Å². The predicted molar refractivity (Wildman–Crippen MR) is 91.2 cm³/mol. The van der Waals surface area contributed by atoms with Gasteiger partial charge in [-0.3, -0.25) is 4.79 Å². The van der Waals surface area contributed by atoms with Gasteiger partial charge in [-0.2, -0.15) is 0 Å². The largest absolute Gasteiger partial charge is 0.342 e. The van der Waals surface area contributed by atoms with Crippen LogP contribution in [0.5, 0.6) is 0 Å². The Balaban J connectivity index is 1.69. The first kappa shape index (κ1) is 15.8. The van der Waals surface area contributed by atoms with Crippen molar-refractivity contribution in [2.45, 2.75) is 39.7 Å². The van der Waals surface area contributed by atoms with E-state index in [1.165, 1.54) is 11.3 Å². The number of aryl methyl sites for hydroxylation is 1. The molecule has 1 atom stereocenters. The number of aromatic nitrogens is 2. The summed E-state index contributed by atoms with van der Waals surface area (Å²) in [6, 6.07) is 10.5. The van der Waals surface area contributed by atoms with Crippen LogP contribution in [0, 0.1) is 12.8 Å². The van der Waals surface area contributed by atoms with Crippen molar-refractivity contribution in [1.29, 1.82) is 0 Å². The molecule has 1 aliphatic heterocycles. The Morgan fingerprint density at radius 3 is 2.83 bits per heavy atom. The molecule has 4 nitrogen and oxygen atoms in total. The molecule has 0 saturated carbocycles. The minimum atomic E-state index is 0.274. The first-order chi connectivity index (χ1) is 11.2. The molecule has 1 amide bonds. The summed E-state index contributed by atoms with van der Waals surface area (Å²) in [5, 5.41) is 0. The average molecular weight is 311 g/mol. The fraction of sp³-hybridized carbons (Fsp3) is 0.474. The Hall–Kier alpha value is -2.10. The molecule has 1 aliphatic rings. The molecule has 0 aliphatic carbocycles. The number of amides is 1. The van der Waals surface area contributed by atoms with Crippen molar-refractivity contribution in [3.63, 3.8) is 0 Å². The molecule has 1 fully saturated rings. The van der Waals surface area contributed by atoms with Crippen molar-refractivity contribution in [1.82, 2.24) is 14.5 Å². The van der Waals surface area contributed by atoms with E-state index >= 15 is 0 Å². The summed E-state index contributed by atoms with van der Waals surface area (Å²) in [6.45, 7) is 6.69. The van der Waals surface area contributed by atoms with Crippen LogP contribution in [-0.4, -0.2) is 33.4 Å². The lowest BCUT2D eigenvalue weighted by atomic mass is 10.0. The van der Waals surface area contributed by atoms with E-state index in [0.29, 0.717) is 12.3 Å². The van der Waals surface area contributed by atoms with Gasteiger partial charge in [0.1, 0.15) is 5.82 Å². The molecule has 23 heavy (non-hydrogen) atoms. The molecule has 0 spiro atoms. The summed E-state index contributed by atoms with van der Waals surface area (Å²) in [7, 11) is 0. The zero-order valence-corrected chi connectivity index (χ0v) is 14.0. The quantitative estimate of drug-likeness (QED) is 0.851. The van der Waals surface area contributed by atoms with Crippen LogP contribution in [0.1, 0.15) is 36.8 Å². The molecule has 1 saturated heterocycles. The SMILES string of the molecule is CCC(=O)N1CCC(Cc2ncc(C)n2Cc2ccccc2)C1. The molecule has 1 aromatic carbocycles. The fourth-order valence-corrected chi connectivity index (χ4v) is 3.36. The molecule has 2 aromatic rings. The Kier molecular flexibility index (Phi) is 4.79. The van der Waals surface area contributed by atoms with Crippen molar-refractivity contribution in [3.05, 3.63) is 53.6 Å². The van der Waals surface area contributed by atoms with Gasteiger partial charge in [-0.1, -0.05) is 37.3 Å². The monoisotopic (exact) mass is 311 g/mol. The Bertz CT molecular complexity index is 663. The van der Waals surface area contributed by atoms with Gasteiger partial charge in [0.2, 0.25) is 5.91 Å². The topological polar surface area (TPSA) is 38.1 Å². The number of benzene rings is 1. The molecule has 0 radical (unpaired) electrons. The zero-order valence-electron chi connectivity index (χ0n) is 14.0.